The molecule has 1 heterocycles. The van der Waals surface area contributed by atoms with Crippen molar-refractivity contribution in [3.05, 3.63) is 34.9 Å². The highest BCUT2D eigenvalue weighted by Gasteiger charge is 2.37. The SMILES string of the molecule is O[C@@H]1CN(Cc2cc(C(F)(F)F)cc(C(F)(F)F)c2)C[C@@H]1O. The number of hydrogen-bond donors (Lipinski definition) is 2. The summed E-state index contributed by atoms with van der Waals surface area (Å²) in [4.78, 5) is 1.39. The molecule has 2 rings (SSSR count). The molecule has 0 spiro atoms. The van der Waals surface area contributed by atoms with Crippen molar-refractivity contribution < 1.29 is 36.6 Å². The molecule has 0 bridgehead atoms. The van der Waals surface area contributed by atoms with E-state index in [4.69, 9.17) is 0 Å². The Morgan fingerprint density at radius 3 is 1.64 bits per heavy atom. The number of β-amino-alcohol motifs (C(OH)–C–C–N with tert-alkyl or cyclic N) is 2. The van der Waals surface area contributed by atoms with E-state index in [0.717, 1.165) is 0 Å². The summed E-state index contributed by atoms with van der Waals surface area (Å²) in [6.07, 6.45) is -11.9. The standard InChI is InChI=1S/C13H13F6NO2/c14-12(15,16)8-1-7(2-9(3-8)13(17,18)19)4-20-5-10(21)11(22)6-20/h1-3,10-11,21-22H,4-6H2/t10-,11+. The van der Waals surface area contributed by atoms with Crippen LogP contribution in [0.5, 0.6) is 0 Å². The van der Waals surface area contributed by atoms with Gasteiger partial charge in [-0.3, -0.25) is 4.90 Å². The van der Waals surface area contributed by atoms with Gasteiger partial charge in [-0.2, -0.15) is 26.3 Å². The summed E-state index contributed by atoms with van der Waals surface area (Å²) >= 11 is 0. The number of halogens is 6. The second-order valence-electron chi connectivity index (χ2n) is 5.24. The fraction of sp³-hybridized carbons (Fsp3) is 0.538. The third-order valence-corrected chi connectivity index (χ3v) is 3.39. The van der Waals surface area contributed by atoms with Crippen LogP contribution in [-0.4, -0.2) is 40.4 Å². The van der Waals surface area contributed by atoms with Crippen LogP contribution in [0.2, 0.25) is 0 Å². The van der Waals surface area contributed by atoms with E-state index in [9.17, 15) is 36.6 Å². The lowest BCUT2D eigenvalue weighted by Gasteiger charge is -2.18. The van der Waals surface area contributed by atoms with E-state index in [-0.39, 0.29) is 31.3 Å². The van der Waals surface area contributed by atoms with Gasteiger partial charge in [0.15, 0.2) is 0 Å². The molecule has 1 saturated heterocycles. The van der Waals surface area contributed by atoms with Gasteiger partial charge in [0.1, 0.15) is 0 Å². The maximum Gasteiger partial charge on any atom is 0.416 e. The Balaban J connectivity index is 2.31. The first-order valence-electron chi connectivity index (χ1n) is 6.33. The first-order valence-corrected chi connectivity index (χ1v) is 6.33. The number of hydrogen-bond acceptors (Lipinski definition) is 3. The highest BCUT2D eigenvalue weighted by Crippen LogP contribution is 2.36. The van der Waals surface area contributed by atoms with Crippen molar-refractivity contribution in [3.8, 4) is 0 Å². The van der Waals surface area contributed by atoms with E-state index in [1.54, 1.807) is 0 Å². The van der Waals surface area contributed by atoms with Gasteiger partial charge in [0.25, 0.3) is 0 Å². The zero-order valence-corrected chi connectivity index (χ0v) is 11.1. The van der Waals surface area contributed by atoms with Crippen molar-refractivity contribution in [2.24, 2.45) is 0 Å². The Morgan fingerprint density at radius 2 is 1.27 bits per heavy atom. The van der Waals surface area contributed by atoms with Crippen LogP contribution in [0.15, 0.2) is 18.2 Å². The van der Waals surface area contributed by atoms with Gasteiger partial charge < -0.3 is 10.2 Å². The monoisotopic (exact) mass is 329 g/mol. The lowest BCUT2D eigenvalue weighted by atomic mass is 10.0. The molecule has 1 fully saturated rings. The molecule has 0 unspecified atom stereocenters. The lowest BCUT2D eigenvalue weighted by Crippen LogP contribution is -2.22. The Kier molecular flexibility index (Phi) is 4.42. The van der Waals surface area contributed by atoms with Crippen LogP contribution < -0.4 is 0 Å². The van der Waals surface area contributed by atoms with Gasteiger partial charge in [-0.25, -0.2) is 0 Å². The maximum atomic E-state index is 12.7. The smallest absolute Gasteiger partial charge is 0.389 e. The average molecular weight is 329 g/mol. The molecule has 2 atom stereocenters. The summed E-state index contributed by atoms with van der Waals surface area (Å²) < 4.78 is 76.3. The number of rotatable bonds is 2. The van der Waals surface area contributed by atoms with E-state index in [1.807, 2.05) is 0 Å². The summed E-state index contributed by atoms with van der Waals surface area (Å²) in [6, 6.07) is 1.36. The van der Waals surface area contributed by atoms with Gasteiger partial charge >= 0.3 is 12.4 Å². The van der Waals surface area contributed by atoms with Crippen LogP contribution in [0.3, 0.4) is 0 Å². The molecule has 3 nitrogen and oxygen atoms in total. The van der Waals surface area contributed by atoms with Crippen LogP contribution in [0.4, 0.5) is 26.3 Å². The van der Waals surface area contributed by atoms with E-state index < -0.39 is 35.7 Å². The van der Waals surface area contributed by atoms with Crippen molar-refractivity contribution >= 4 is 0 Å². The highest BCUT2D eigenvalue weighted by atomic mass is 19.4. The molecule has 1 aromatic carbocycles. The Hall–Kier alpha value is -1.32. The number of likely N-dealkylation sites (tertiary alicyclic amines) is 1. The summed E-state index contributed by atoms with van der Waals surface area (Å²) in [5.74, 6) is 0. The van der Waals surface area contributed by atoms with Crippen molar-refractivity contribution in [2.45, 2.75) is 31.1 Å². The molecular weight excluding hydrogens is 316 g/mol. The van der Waals surface area contributed by atoms with Crippen molar-refractivity contribution in [2.75, 3.05) is 13.1 Å². The maximum absolute atomic E-state index is 12.7. The molecule has 0 aliphatic carbocycles. The number of nitrogens with zero attached hydrogens (tertiary/aromatic N) is 1. The molecule has 22 heavy (non-hydrogen) atoms. The van der Waals surface area contributed by atoms with Crippen LogP contribution in [0.25, 0.3) is 0 Å². The van der Waals surface area contributed by atoms with Gasteiger partial charge in [0.2, 0.25) is 0 Å². The molecule has 1 aliphatic heterocycles. The Labute approximate surface area is 121 Å². The minimum Gasteiger partial charge on any atom is -0.389 e. The Bertz CT molecular complexity index is 500. The molecule has 0 radical (unpaired) electrons. The van der Waals surface area contributed by atoms with Gasteiger partial charge in [0.05, 0.1) is 23.3 Å². The zero-order chi connectivity index (χ0) is 16.7. The third kappa shape index (κ3) is 3.90. The first-order chi connectivity index (χ1) is 9.96. The predicted molar refractivity (Wildman–Crippen MR) is 63.7 cm³/mol. The third-order valence-electron chi connectivity index (χ3n) is 3.39. The summed E-state index contributed by atoms with van der Waals surface area (Å²) in [7, 11) is 0. The number of benzene rings is 1. The molecule has 1 aliphatic rings. The minimum atomic E-state index is -4.89. The van der Waals surface area contributed by atoms with Gasteiger partial charge in [-0.1, -0.05) is 0 Å². The minimum absolute atomic E-state index is 0.0151. The quantitative estimate of drug-likeness (QED) is 0.818. The zero-order valence-electron chi connectivity index (χ0n) is 11.1. The molecule has 0 saturated carbocycles. The van der Waals surface area contributed by atoms with Crippen LogP contribution in [0.1, 0.15) is 16.7 Å². The molecular formula is C13H13F6NO2. The lowest BCUT2D eigenvalue weighted by molar-refractivity contribution is -0.143. The summed E-state index contributed by atoms with van der Waals surface area (Å²) in [5, 5.41) is 18.7. The second-order valence-corrected chi connectivity index (χ2v) is 5.24. The number of aliphatic hydroxyl groups excluding tert-OH is 2. The molecule has 0 amide bonds. The van der Waals surface area contributed by atoms with Crippen LogP contribution in [-0.2, 0) is 18.9 Å². The first kappa shape index (κ1) is 17.0. The molecule has 9 heteroatoms. The topological polar surface area (TPSA) is 43.7 Å². The Morgan fingerprint density at radius 1 is 0.864 bits per heavy atom. The fourth-order valence-electron chi connectivity index (χ4n) is 2.34. The average Bonchev–Trinajstić information content (AvgIpc) is 2.65. The summed E-state index contributed by atoms with van der Waals surface area (Å²) in [6.45, 7) is -0.251. The molecule has 124 valence electrons. The highest BCUT2D eigenvalue weighted by molar-refractivity contribution is 5.33. The fourth-order valence-corrected chi connectivity index (χ4v) is 2.34. The van der Waals surface area contributed by atoms with Gasteiger partial charge in [-0.15, -0.1) is 0 Å². The largest absolute Gasteiger partial charge is 0.416 e. The van der Waals surface area contributed by atoms with Crippen molar-refractivity contribution in [3.63, 3.8) is 0 Å². The van der Waals surface area contributed by atoms with E-state index in [2.05, 4.69) is 0 Å². The van der Waals surface area contributed by atoms with E-state index >= 15 is 0 Å². The van der Waals surface area contributed by atoms with Crippen LogP contribution in [0, 0.1) is 0 Å². The molecule has 1 aromatic rings. The van der Waals surface area contributed by atoms with Gasteiger partial charge in [0, 0.05) is 19.6 Å². The van der Waals surface area contributed by atoms with E-state index in [1.165, 1.54) is 4.90 Å². The second kappa shape index (κ2) is 5.71. The molecule has 2 N–H and O–H groups in total. The molecule has 0 aromatic heterocycles. The summed E-state index contributed by atoms with van der Waals surface area (Å²) in [5.41, 5.74) is -2.93. The van der Waals surface area contributed by atoms with E-state index in [0.29, 0.717) is 12.1 Å². The predicted octanol–water partition coefficient (Wildman–Crippen LogP) is 2.26. The van der Waals surface area contributed by atoms with Crippen molar-refractivity contribution in [1.82, 2.24) is 4.90 Å². The normalized spacial score (nSPS) is 24.0. The number of alkyl halides is 6. The van der Waals surface area contributed by atoms with Gasteiger partial charge in [-0.05, 0) is 23.8 Å². The van der Waals surface area contributed by atoms with Crippen molar-refractivity contribution in [1.29, 1.82) is 0 Å². The van der Waals surface area contributed by atoms with Crippen LogP contribution >= 0.6 is 0 Å². The number of aliphatic hydroxyl groups is 2.